The Balaban J connectivity index is 1.62. The van der Waals surface area contributed by atoms with Gasteiger partial charge in [0.25, 0.3) is 0 Å². The summed E-state index contributed by atoms with van der Waals surface area (Å²) >= 11 is 12.3. The molecule has 138 valence electrons. The van der Waals surface area contributed by atoms with Crippen LogP contribution in [0.4, 0.5) is 5.69 Å². The molecule has 4 rings (SSSR count). The molecule has 0 saturated carbocycles. The lowest BCUT2D eigenvalue weighted by molar-refractivity contribution is -0.119. The molecule has 5 nitrogen and oxygen atoms in total. The van der Waals surface area contributed by atoms with Crippen LogP contribution in [0.15, 0.2) is 36.5 Å². The molecule has 0 bridgehead atoms. The van der Waals surface area contributed by atoms with Crippen LogP contribution in [0.2, 0.25) is 5.15 Å². The quantitative estimate of drug-likeness (QED) is 0.611. The number of fused-ring (bicyclic) bond motifs is 1. The molecule has 0 spiro atoms. The Hall–Kier alpha value is -1.96. The Morgan fingerprint density at radius 3 is 2.81 bits per heavy atom. The van der Waals surface area contributed by atoms with Crippen molar-refractivity contribution in [3.8, 4) is 0 Å². The zero-order valence-electron chi connectivity index (χ0n) is 14.3. The summed E-state index contributed by atoms with van der Waals surface area (Å²) in [7, 11) is 0. The second-order valence-electron chi connectivity index (χ2n) is 6.47. The van der Waals surface area contributed by atoms with Gasteiger partial charge < -0.3 is 10.2 Å². The Kier molecular flexibility index (Phi) is 5.16. The summed E-state index contributed by atoms with van der Waals surface area (Å²) in [6.45, 7) is 0.447. The summed E-state index contributed by atoms with van der Waals surface area (Å²) in [6, 6.07) is 9.54. The monoisotopic (exact) mass is 417 g/mol. The van der Waals surface area contributed by atoms with Crippen LogP contribution in [0.25, 0.3) is 0 Å². The molecule has 2 aliphatic heterocycles. The Morgan fingerprint density at radius 1 is 1.26 bits per heavy atom. The molecule has 1 saturated heterocycles. The van der Waals surface area contributed by atoms with Crippen LogP contribution >= 0.6 is 35.6 Å². The molecule has 2 aliphatic rings. The number of anilines is 1. The van der Waals surface area contributed by atoms with Gasteiger partial charge >= 0.3 is 0 Å². The highest BCUT2D eigenvalue weighted by Crippen LogP contribution is 2.34. The molecule has 2 aromatic rings. The van der Waals surface area contributed by atoms with Crippen molar-refractivity contribution in [3.63, 3.8) is 0 Å². The molecule has 1 fully saturated rings. The zero-order valence-corrected chi connectivity index (χ0v) is 16.7. The minimum absolute atomic E-state index is 0.0430. The van der Waals surface area contributed by atoms with Crippen LogP contribution in [0.3, 0.4) is 0 Å². The van der Waals surface area contributed by atoms with Gasteiger partial charge in [0, 0.05) is 18.3 Å². The molecule has 1 aromatic heterocycles. The van der Waals surface area contributed by atoms with E-state index >= 15 is 0 Å². The van der Waals surface area contributed by atoms with Crippen LogP contribution in [-0.2, 0) is 29.0 Å². The van der Waals surface area contributed by atoms with E-state index < -0.39 is 0 Å². The normalized spacial score (nSPS) is 19.2. The summed E-state index contributed by atoms with van der Waals surface area (Å²) in [4.78, 5) is 30.5. The second kappa shape index (κ2) is 7.58. The van der Waals surface area contributed by atoms with Crippen molar-refractivity contribution >= 4 is 57.4 Å². The van der Waals surface area contributed by atoms with Crippen LogP contribution < -0.4 is 10.2 Å². The predicted molar refractivity (Wildman–Crippen MR) is 111 cm³/mol. The van der Waals surface area contributed by atoms with E-state index in [-0.39, 0.29) is 17.1 Å². The lowest BCUT2D eigenvalue weighted by Crippen LogP contribution is -2.35. The molecule has 2 amide bonds. The summed E-state index contributed by atoms with van der Waals surface area (Å²) in [5.41, 5.74) is 4.05. The molecule has 3 heterocycles. The first kappa shape index (κ1) is 18.4. The van der Waals surface area contributed by atoms with Gasteiger partial charge in [0.15, 0.2) is 0 Å². The number of pyridine rings is 1. The van der Waals surface area contributed by atoms with E-state index in [1.54, 1.807) is 17.2 Å². The fourth-order valence-electron chi connectivity index (χ4n) is 3.44. The first-order chi connectivity index (χ1) is 13.0. The average Bonchev–Trinajstić information content (AvgIpc) is 2.96. The number of halogens is 1. The number of thiocarbonyl (C=S) groups is 1. The largest absolute Gasteiger partial charge is 0.311 e. The number of nitrogens with zero attached hydrogens (tertiary/aromatic N) is 2. The van der Waals surface area contributed by atoms with Crippen LogP contribution in [0, 0.1) is 0 Å². The van der Waals surface area contributed by atoms with E-state index in [9.17, 15) is 9.59 Å². The number of nitrogens with one attached hydrogen (secondary N) is 1. The summed E-state index contributed by atoms with van der Waals surface area (Å²) in [6.07, 6.45) is 3.43. The highest BCUT2D eigenvalue weighted by molar-refractivity contribution is 8.24. The lowest BCUT2D eigenvalue weighted by atomic mass is 9.93. The van der Waals surface area contributed by atoms with Crippen LogP contribution in [0.1, 0.15) is 23.1 Å². The van der Waals surface area contributed by atoms with E-state index in [1.165, 1.54) is 11.8 Å². The third-order valence-corrected chi connectivity index (χ3v) is 6.33. The number of amides is 2. The molecule has 0 aliphatic carbocycles. The molecular weight excluding hydrogens is 402 g/mol. The molecule has 27 heavy (non-hydrogen) atoms. The highest BCUT2D eigenvalue weighted by Gasteiger charge is 2.32. The number of hydrogen-bond donors (Lipinski definition) is 1. The van der Waals surface area contributed by atoms with Crippen molar-refractivity contribution in [1.82, 2.24) is 10.3 Å². The standard InChI is InChI=1S/C19H16ClN3O2S2/c20-16-6-4-11(9-21-16)10-23-14-3-1-2-12(13(14)5-7-17(23)24)8-15-18(25)22-19(26)27-15/h1-4,6,9,15H,5,7-8,10H2,(H,22,25,26). The van der Waals surface area contributed by atoms with Crippen molar-refractivity contribution < 1.29 is 9.59 Å². The van der Waals surface area contributed by atoms with Gasteiger partial charge in [-0.25, -0.2) is 4.98 Å². The van der Waals surface area contributed by atoms with E-state index in [1.807, 2.05) is 24.3 Å². The minimum atomic E-state index is -0.212. The third-order valence-electron chi connectivity index (χ3n) is 4.73. The number of hydrogen-bond acceptors (Lipinski definition) is 5. The molecule has 8 heteroatoms. The molecule has 0 radical (unpaired) electrons. The van der Waals surface area contributed by atoms with Crippen molar-refractivity contribution in [1.29, 1.82) is 0 Å². The molecule has 1 unspecified atom stereocenters. The third kappa shape index (κ3) is 3.85. The van der Waals surface area contributed by atoms with Crippen LogP contribution in [-0.4, -0.2) is 26.4 Å². The van der Waals surface area contributed by atoms with Crippen molar-refractivity contribution in [2.45, 2.75) is 31.1 Å². The second-order valence-corrected chi connectivity index (χ2v) is 8.74. The van der Waals surface area contributed by atoms with E-state index in [2.05, 4.69) is 10.3 Å². The topological polar surface area (TPSA) is 62.3 Å². The maximum atomic E-state index is 12.6. The number of rotatable bonds is 4. The smallest absolute Gasteiger partial charge is 0.239 e. The Morgan fingerprint density at radius 2 is 2.11 bits per heavy atom. The maximum absolute atomic E-state index is 12.6. The molecule has 1 atom stereocenters. The van der Waals surface area contributed by atoms with Crippen molar-refractivity contribution in [2.75, 3.05) is 4.90 Å². The minimum Gasteiger partial charge on any atom is -0.311 e. The van der Waals surface area contributed by atoms with Gasteiger partial charge in [0.2, 0.25) is 11.8 Å². The average molecular weight is 418 g/mol. The van der Waals surface area contributed by atoms with Gasteiger partial charge in [0.1, 0.15) is 9.47 Å². The first-order valence-electron chi connectivity index (χ1n) is 8.54. The van der Waals surface area contributed by atoms with Gasteiger partial charge in [-0.05, 0) is 41.7 Å². The van der Waals surface area contributed by atoms with Crippen LogP contribution in [0.5, 0.6) is 0 Å². The molecule has 1 aromatic carbocycles. The molecular formula is C19H16ClN3O2S2. The van der Waals surface area contributed by atoms with Crippen molar-refractivity contribution in [2.24, 2.45) is 0 Å². The van der Waals surface area contributed by atoms with Gasteiger partial charge in [-0.2, -0.15) is 0 Å². The number of aromatic nitrogens is 1. The molecule has 1 N–H and O–H groups in total. The highest BCUT2D eigenvalue weighted by atomic mass is 35.5. The van der Waals surface area contributed by atoms with Crippen molar-refractivity contribution in [3.05, 3.63) is 58.4 Å². The fourth-order valence-corrected chi connectivity index (χ4v) is 4.85. The summed E-state index contributed by atoms with van der Waals surface area (Å²) in [5.74, 6) is 0.0438. The summed E-state index contributed by atoms with van der Waals surface area (Å²) < 4.78 is 0.529. The predicted octanol–water partition coefficient (Wildman–Crippen LogP) is 3.27. The van der Waals surface area contributed by atoms with E-state index in [0.29, 0.717) is 35.3 Å². The zero-order chi connectivity index (χ0) is 19.0. The number of thioether (sulfide) groups is 1. The first-order valence-corrected chi connectivity index (χ1v) is 10.2. The van der Waals surface area contributed by atoms with Gasteiger partial charge in [0.05, 0.1) is 11.8 Å². The lowest BCUT2D eigenvalue weighted by Gasteiger charge is -2.31. The van der Waals surface area contributed by atoms with Gasteiger partial charge in [-0.15, -0.1) is 0 Å². The maximum Gasteiger partial charge on any atom is 0.239 e. The number of carbonyl (C=O) groups excluding carboxylic acids is 2. The number of carbonyl (C=O) groups is 2. The van der Waals surface area contributed by atoms with Gasteiger partial charge in [-0.3, -0.25) is 9.59 Å². The van der Waals surface area contributed by atoms with E-state index in [0.717, 1.165) is 22.4 Å². The SMILES string of the molecule is O=C1NC(=S)SC1Cc1cccc2c1CCC(=O)N2Cc1ccc(Cl)nc1. The van der Waals surface area contributed by atoms with Gasteiger partial charge in [-0.1, -0.05) is 53.8 Å². The fraction of sp³-hybridized carbons (Fsp3) is 0.263. The Bertz CT molecular complexity index is 933. The summed E-state index contributed by atoms with van der Waals surface area (Å²) in [5, 5.41) is 2.91. The number of benzene rings is 1. The Labute approximate surface area is 171 Å². The van der Waals surface area contributed by atoms with E-state index in [4.69, 9.17) is 23.8 Å².